The van der Waals surface area contributed by atoms with Crippen molar-refractivity contribution >= 4 is 15.8 Å². The summed E-state index contributed by atoms with van der Waals surface area (Å²) in [5.74, 6) is -2.26. The molecule has 5 heteroatoms. The Balaban J connectivity index is 2.78. The summed E-state index contributed by atoms with van der Waals surface area (Å²) in [6, 6.07) is 9.05. The van der Waals surface area contributed by atoms with Crippen molar-refractivity contribution in [2.75, 3.05) is 11.5 Å². The van der Waals surface area contributed by atoms with Gasteiger partial charge in [0.25, 0.3) is 0 Å². The molecule has 0 spiro atoms. The van der Waals surface area contributed by atoms with Crippen LogP contribution in [0.15, 0.2) is 30.3 Å². The second-order valence-corrected chi connectivity index (χ2v) is 6.32. The molecule has 0 saturated carbocycles. The lowest BCUT2D eigenvalue weighted by atomic mass is 10.0. The molecule has 0 radical (unpaired) electrons. The van der Waals surface area contributed by atoms with Crippen LogP contribution < -0.4 is 0 Å². The lowest BCUT2D eigenvalue weighted by Crippen LogP contribution is -2.26. The Kier molecular flexibility index (Phi) is 4.69. The van der Waals surface area contributed by atoms with Gasteiger partial charge in [-0.15, -0.1) is 0 Å². The molecule has 0 saturated heterocycles. The summed E-state index contributed by atoms with van der Waals surface area (Å²) in [5.41, 5.74) is 0.839. The summed E-state index contributed by atoms with van der Waals surface area (Å²) >= 11 is 0. The molecule has 17 heavy (non-hydrogen) atoms. The fraction of sp³-hybridized carbons (Fsp3) is 0.417. The minimum Gasteiger partial charge on any atom is -0.481 e. The number of hydrogen-bond acceptors (Lipinski definition) is 3. The summed E-state index contributed by atoms with van der Waals surface area (Å²) in [6.45, 7) is 1.52. The minimum atomic E-state index is -3.26. The zero-order valence-corrected chi connectivity index (χ0v) is 10.5. The fourth-order valence-corrected chi connectivity index (χ4v) is 2.65. The van der Waals surface area contributed by atoms with Crippen LogP contribution in [0.2, 0.25) is 0 Å². The molecule has 94 valence electrons. The van der Waals surface area contributed by atoms with E-state index in [9.17, 15) is 13.2 Å². The van der Waals surface area contributed by atoms with Gasteiger partial charge in [0.05, 0.1) is 11.7 Å². The molecule has 0 aliphatic rings. The van der Waals surface area contributed by atoms with Crippen molar-refractivity contribution in [2.45, 2.75) is 13.3 Å². The van der Waals surface area contributed by atoms with Crippen LogP contribution in [-0.4, -0.2) is 31.0 Å². The van der Waals surface area contributed by atoms with Gasteiger partial charge in [-0.2, -0.15) is 0 Å². The third kappa shape index (κ3) is 4.56. The van der Waals surface area contributed by atoms with Crippen molar-refractivity contribution in [1.29, 1.82) is 0 Å². The number of aliphatic carboxylic acids is 1. The number of sulfone groups is 1. The summed E-state index contributed by atoms with van der Waals surface area (Å²) in [4.78, 5) is 11.0. The number of hydrogen-bond donors (Lipinski definition) is 1. The van der Waals surface area contributed by atoms with Crippen molar-refractivity contribution in [3.05, 3.63) is 35.9 Å². The van der Waals surface area contributed by atoms with Crippen LogP contribution in [0, 0.1) is 5.92 Å². The highest BCUT2D eigenvalue weighted by Gasteiger charge is 2.24. The molecule has 0 aliphatic heterocycles. The van der Waals surface area contributed by atoms with E-state index >= 15 is 0 Å². The van der Waals surface area contributed by atoms with Gasteiger partial charge in [0.2, 0.25) is 0 Å². The lowest BCUT2D eigenvalue weighted by molar-refractivity contribution is -0.140. The topological polar surface area (TPSA) is 71.4 Å². The minimum absolute atomic E-state index is 0.0223. The first-order valence-electron chi connectivity index (χ1n) is 5.41. The maximum Gasteiger partial charge on any atom is 0.307 e. The highest BCUT2D eigenvalue weighted by atomic mass is 32.2. The first-order valence-corrected chi connectivity index (χ1v) is 7.24. The molecule has 4 nitrogen and oxygen atoms in total. The second kappa shape index (κ2) is 5.82. The molecule has 1 rings (SSSR count). The van der Waals surface area contributed by atoms with E-state index in [-0.39, 0.29) is 17.9 Å². The maximum absolute atomic E-state index is 11.4. The Morgan fingerprint density at radius 1 is 1.29 bits per heavy atom. The Morgan fingerprint density at radius 3 is 2.35 bits per heavy atom. The van der Waals surface area contributed by atoms with Crippen LogP contribution >= 0.6 is 0 Å². The fourth-order valence-electron chi connectivity index (χ4n) is 1.54. The molecule has 1 N–H and O–H groups in total. The van der Waals surface area contributed by atoms with Gasteiger partial charge >= 0.3 is 5.97 Å². The van der Waals surface area contributed by atoms with E-state index < -0.39 is 21.7 Å². The molecule has 0 fully saturated rings. The molecule has 1 aromatic rings. The summed E-state index contributed by atoms with van der Waals surface area (Å²) in [6.07, 6.45) is 0.245. The van der Waals surface area contributed by atoms with Crippen LogP contribution in [0.3, 0.4) is 0 Å². The third-order valence-electron chi connectivity index (χ3n) is 2.57. The van der Waals surface area contributed by atoms with Crippen LogP contribution in [0.1, 0.15) is 12.5 Å². The molecule has 0 heterocycles. The molecule has 1 aromatic carbocycles. The molecule has 0 aromatic heterocycles. The number of benzene rings is 1. The highest BCUT2D eigenvalue weighted by molar-refractivity contribution is 7.91. The largest absolute Gasteiger partial charge is 0.481 e. The van der Waals surface area contributed by atoms with Gasteiger partial charge in [0, 0.05) is 5.75 Å². The van der Waals surface area contributed by atoms with E-state index in [1.54, 1.807) is 12.1 Å². The molecule has 0 amide bonds. The standard InChI is InChI=1S/C12H16O4S/c1-2-17(15,16)9-11(12(13)14)8-10-6-4-3-5-7-10/h3-7,11H,2,8-9H2,1H3,(H,13,14)/t11-/m0/s1. The van der Waals surface area contributed by atoms with E-state index in [0.29, 0.717) is 0 Å². The molecule has 0 bridgehead atoms. The Morgan fingerprint density at radius 2 is 1.88 bits per heavy atom. The Labute approximate surface area is 101 Å². The number of carbonyl (C=O) groups is 1. The normalized spacial score (nSPS) is 13.2. The zero-order valence-electron chi connectivity index (χ0n) is 9.67. The summed E-state index contributed by atoms with van der Waals surface area (Å²) < 4.78 is 22.9. The van der Waals surface area contributed by atoms with E-state index in [4.69, 9.17) is 5.11 Å². The SMILES string of the molecule is CCS(=O)(=O)C[C@H](Cc1ccccc1)C(=O)O. The van der Waals surface area contributed by atoms with Crippen molar-refractivity contribution in [2.24, 2.45) is 5.92 Å². The van der Waals surface area contributed by atoms with Gasteiger partial charge in [-0.05, 0) is 12.0 Å². The quantitative estimate of drug-likeness (QED) is 0.834. The third-order valence-corrected chi connectivity index (χ3v) is 4.36. The van der Waals surface area contributed by atoms with Gasteiger partial charge in [-0.1, -0.05) is 37.3 Å². The average molecular weight is 256 g/mol. The lowest BCUT2D eigenvalue weighted by Gasteiger charge is -2.12. The van der Waals surface area contributed by atoms with Gasteiger partial charge in [-0.3, -0.25) is 4.79 Å². The predicted molar refractivity (Wildman–Crippen MR) is 65.6 cm³/mol. The van der Waals surface area contributed by atoms with Gasteiger partial charge in [-0.25, -0.2) is 8.42 Å². The van der Waals surface area contributed by atoms with Gasteiger partial charge < -0.3 is 5.11 Å². The second-order valence-electron chi connectivity index (χ2n) is 3.92. The number of carboxylic acid groups (broad SMARTS) is 1. The Bertz CT molecular complexity index is 465. The summed E-state index contributed by atoms with van der Waals surface area (Å²) in [5, 5.41) is 9.03. The maximum atomic E-state index is 11.4. The first-order chi connectivity index (χ1) is 7.94. The van der Waals surface area contributed by atoms with Gasteiger partial charge in [0.1, 0.15) is 0 Å². The van der Waals surface area contributed by atoms with Crippen molar-refractivity contribution in [3.63, 3.8) is 0 Å². The Hall–Kier alpha value is -1.36. The van der Waals surface area contributed by atoms with Crippen molar-refractivity contribution < 1.29 is 18.3 Å². The van der Waals surface area contributed by atoms with Crippen LogP contribution in [0.5, 0.6) is 0 Å². The zero-order chi connectivity index (χ0) is 12.9. The van der Waals surface area contributed by atoms with E-state index in [1.807, 2.05) is 18.2 Å². The molecular formula is C12H16O4S. The van der Waals surface area contributed by atoms with Crippen LogP contribution in [0.4, 0.5) is 0 Å². The number of rotatable bonds is 6. The average Bonchev–Trinajstić information content (AvgIpc) is 2.29. The number of carboxylic acids is 1. The molecule has 1 atom stereocenters. The molecular weight excluding hydrogens is 240 g/mol. The van der Waals surface area contributed by atoms with E-state index in [2.05, 4.69) is 0 Å². The highest BCUT2D eigenvalue weighted by Crippen LogP contribution is 2.12. The predicted octanol–water partition coefficient (Wildman–Crippen LogP) is 1.36. The van der Waals surface area contributed by atoms with E-state index in [0.717, 1.165) is 5.56 Å². The van der Waals surface area contributed by atoms with Crippen LogP contribution in [-0.2, 0) is 21.1 Å². The van der Waals surface area contributed by atoms with Crippen LogP contribution in [0.25, 0.3) is 0 Å². The van der Waals surface area contributed by atoms with E-state index in [1.165, 1.54) is 6.92 Å². The van der Waals surface area contributed by atoms with Crippen molar-refractivity contribution in [1.82, 2.24) is 0 Å². The first kappa shape index (κ1) is 13.7. The molecule has 0 aliphatic carbocycles. The van der Waals surface area contributed by atoms with Crippen molar-refractivity contribution in [3.8, 4) is 0 Å². The molecule has 0 unspecified atom stereocenters. The smallest absolute Gasteiger partial charge is 0.307 e. The van der Waals surface area contributed by atoms with Gasteiger partial charge in [0.15, 0.2) is 9.84 Å². The summed E-state index contributed by atoms with van der Waals surface area (Å²) in [7, 11) is -3.26. The monoisotopic (exact) mass is 256 g/mol.